The highest BCUT2D eigenvalue weighted by atomic mass is 16.6. The number of hydrogen-bond acceptors (Lipinski definition) is 9. The van der Waals surface area contributed by atoms with Crippen LogP contribution in [0.25, 0.3) is 0 Å². The number of methoxy groups -OCH3 is 1. The third-order valence-corrected chi connectivity index (χ3v) is 8.99. The van der Waals surface area contributed by atoms with E-state index in [0.29, 0.717) is 25.1 Å². The second-order valence-corrected chi connectivity index (χ2v) is 14.7. The Hall–Kier alpha value is -5.04. The van der Waals surface area contributed by atoms with Gasteiger partial charge in [-0.25, -0.2) is 0 Å². The van der Waals surface area contributed by atoms with Gasteiger partial charge in [0.2, 0.25) is 23.6 Å². The molecule has 0 radical (unpaired) electrons. The molecule has 4 amide bonds. The molecule has 0 spiro atoms. The maximum absolute atomic E-state index is 14.1. The summed E-state index contributed by atoms with van der Waals surface area (Å²) in [6.45, 7) is 9.77. The van der Waals surface area contributed by atoms with Crippen LogP contribution < -0.4 is 26.0 Å². The minimum atomic E-state index is -1.06. The molecule has 1 aliphatic rings. The fourth-order valence-corrected chi connectivity index (χ4v) is 6.01. The van der Waals surface area contributed by atoms with Crippen molar-refractivity contribution in [2.45, 2.75) is 103 Å². The molecule has 1 aromatic heterocycles. The Bertz CT molecular complexity index is 1670. The summed E-state index contributed by atoms with van der Waals surface area (Å²) in [4.78, 5) is 68.4. The number of nitrogens with zero attached hydrogens (tertiary/aromatic N) is 1. The first-order valence-corrected chi connectivity index (χ1v) is 18.2. The summed E-state index contributed by atoms with van der Waals surface area (Å²) in [5.41, 5.74) is 1.17. The Labute approximate surface area is 311 Å². The highest BCUT2D eigenvalue weighted by molar-refractivity contribution is 5.98. The van der Waals surface area contributed by atoms with Crippen molar-refractivity contribution in [3.05, 3.63) is 83.6 Å². The van der Waals surface area contributed by atoms with E-state index in [1.165, 1.54) is 13.2 Å². The molecule has 1 saturated heterocycles. The summed E-state index contributed by atoms with van der Waals surface area (Å²) < 4.78 is 15.4. The summed E-state index contributed by atoms with van der Waals surface area (Å²) in [5, 5.41) is 15.3. The van der Waals surface area contributed by atoms with E-state index in [1.54, 1.807) is 6.92 Å². The first-order valence-electron chi connectivity index (χ1n) is 18.2. The molecule has 0 bridgehead atoms. The lowest BCUT2D eigenvalue weighted by atomic mass is 9.93. The molecule has 286 valence electrons. The van der Waals surface area contributed by atoms with Crippen LogP contribution in [0.4, 0.5) is 0 Å². The normalized spacial score (nSPS) is 17.3. The topological polar surface area (TPSA) is 181 Å². The highest BCUT2D eigenvalue weighted by Gasteiger charge is 2.50. The predicted molar refractivity (Wildman–Crippen MR) is 198 cm³/mol. The Balaban J connectivity index is 1.53. The molecule has 0 saturated carbocycles. The number of ketones is 1. The van der Waals surface area contributed by atoms with Crippen LogP contribution in [0.2, 0.25) is 0 Å². The number of aryl methyl sites for hydroxylation is 1. The molecule has 2 aromatic carbocycles. The maximum atomic E-state index is 14.1. The average Bonchev–Trinajstić information content (AvgIpc) is 3.72. The number of hydrogen-bond donors (Lipinski definition) is 4. The molecule has 3 aromatic rings. The molecular weight excluding hydrogens is 678 g/mol. The van der Waals surface area contributed by atoms with Crippen molar-refractivity contribution in [1.82, 2.24) is 26.4 Å². The minimum absolute atomic E-state index is 0.0146. The number of benzene rings is 2. The first kappa shape index (κ1) is 40.7. The molecule has 4 rings (SSSR count). The molecular formula is C40H53N5O8. The standard InChI is InChI=1S/C40H53N5O8/c1-25(2)19-31(36(47)40(5)24-52-40)42-39(50)33(21-28-15-11-8-12-16-28)44-38(49)32(20-26(3)4)43-37(48)30(18-17-27-13-9-7-10-14-27)41-34(46)22-29-23-35(51-6)53-45-29/h7-16,23,25-26,30-33H,17-22,24H2,1-6H3,(H,41,46)(H,42,50)(H,43,48)(H,44,49)/t30-,31-,32-,33-,40?/m0/s1. The van der Waals surface area contributed by atoms with E-state index in [4.69, 9.17) is 14.0 Å². The van der Waals surface area contributed by atoms with E-state index >= 15 is 0 Å². The van der Waals surface area contributed by atoms with Gasteiger partial charge < -0.3 is 35.3 Å². The van der Waals surface area contributed by atoms with E-state index in [1.807, 2.05) is 88.4 Å². The number of aromatic nitrogens is 1. The molecule has 0 aliphatic carbocycles. The molecule has 1 fully saturated rings. The third-order valence-electron chi connectivity index (χ3n) is 8.99. The van der Waals surface area contributed by atoms with Crippen molar-refractivity contribution in [3.8, 4) is 5.95 Å². The fourth-order valence-electron chi connectivity index (χ4n) is 6.01. The smallest absolute Gasteiger partial charge is 0.311 e. The lowest BCUT2D eigenvalue weighted by Crippen LogP contribution is -2.59. The van der Waals surface area contributed by atoms with E-state index in [0.717, 1.165) is 11.1 Å². The Morgan fingerprint density at radius 1 is 0.755 bits per heavy atom. The van der Waals surface area contributed by atoms with Crippen molar-refractivity contribution in [2.75, 3.05) is 13.7 Å². The number of rotatable bonds is 21. The summed E-state index contributed by atoms with van der Waals surface area (Å²) >= 11 is 0. The number of ether oxygens (including phenoxy) is 2. The van der Waals surface area contributed by atoms with Crippen molar-refractivity contribution in [3.63, 3.8) is 0 Å². The second kappa shape index (κ2) is 19.2. The van der Waals surface area contributed by atoms with Crippen LogP contribution in [-0.2, 0) is 48.0 Å². The third kappa shape index (κ3) is 12.8. The number of carbonyl (C=O) groups excluding carboxylic acids is 5. The zero-order chi connectivity index (χ0) is 38.5. The van der Waals surface area contributed by atoms with Crippen molar-refractivity contribution in [2.24, 2.45) is 11.8 Å². The second-order valence-electron chi connectivity index (χ2n) is 14.7. The van der Waals surface area contributed by atoms with Gasteiger partial charge in [0.25, 0.3) is 0 Å². The van der Waals surface area contributed by atoms with Crippen molar-refractivity contribution < 1.29 is 38.0 Å². The van der Waals surface area contributed by atoms with Gasteiger partial charge in [0, 0.05) is 12.5 Å². The van der Waals surface area contributed by atoms with Crippen LogP contribution in [-0.4, -0.2) is 78.1 Å². The zero-order valence-corrected chi connectivity index (χ0v) is 31.5. The maximum Gasteiger partial charge on any atom is 0.311 e. The van der Waals surface area contributed by atoms with Crippen LogP contribution in [0.1, 0.15) is 70.7 Å². The van der Waals surface area contributed by atoms with Gasteiger partial charge in [-0.3, -0.25) is 24.0 Å². The molecule has 13 heteroatoms. The number of carbonyl (C=O) groups is 5. The first-order chi connectivity index (χ1) is 25.3. The molecule has 4 N–H and O–H groups in total. The Kier molecular flexibility index (Phi) is 14.7. The molecule has 5 atom stereocenters. The van der Waals surface area contributed by atoms with Gasteiger partial charge in [0.15, 0.2) is 5.78 Å². The molecule has 53 heavy (non-hydrogen) atoms. The Morgan fingerprint density at radius 3 is 1.85 bits per heavy atom. The number of Topliss-reactive ketones (excluding diaryl/α,β-unsaturated/α-hetero) is 1. The van der Waals surface area contributed by atoms with Crippen LogP contribution in [0.5, 0.6) is 5.95 Å². The number of amides is 4. The van der Waals surface area contributed by atoms with Gasteiger partial charge >= 0.3 is 5.95 Å². The van der Waals surface area contributed by atoms with Gasteiger partial charge in [-0.1, -0.05) is 93.5 Å². The lowest BCUT2D eigenvalue weighted by molar-refractivity contribution is -0.135. The van der Waals surface area contributed by atoms with Crippen molar-refractivity contribution in [1.29, 1.82) is 0 Å². The Morgan fingerprint density at radius 2 is 1.28 bits per heavy atom. The highest BCUT2D eigenvalue weighted by Crippen LogP contribution is 2.29. The summed E-state index contributed by atoms with van der Waals surface area (Å²) in [7, 11) is 1.42. The molecule has 1 aliphatic heterocycles. The fraction of sp³-hybridized carbons (Fsp3) is 0.500. The van der Waals surface area contributed by atoms with Crippen LogP contribution in [0.3, 0.4) is 0 Å². The van der Waals surface area contributed by atoms with E-state index in [2.05, 4.69) is 26.4 Å². The molecule has 2 heterocycles. The van der Waals surface area contributed by atoms with E-state index in [9.17, 15) is 24.0 Å². The molecule has 1 unspecified atom stereocenters. The summed E-state index contributed by atoms with van der Waals surface area (Å²) in [6.07, 6.45) is 1.41. The average molecular weight is 732 g/mol. The predicted octanol–water partition coefficient (Wildman–Crippen LogP) is 3.49. The monoisotopic (exact) mass is 731 g/mol. The zero-order valence-electron chi connectivity index (χ0n) is 31.5. The number of nitrogens with one attached hydrogen (secondary N) is 4. The van der Waals surface area contributed by atoms with Gasteiger partial charge in [-0.2, -0.15) is 0 Å². The van der Waals surface area contributed by atoms with Crippen LogP contribution in [0, 0.1) is 11.8 Å². The van der Waals surface area contributed by atoms with Gasteiger partial charge in [0.1, 0.15) is 23.7 Å². The van der Waals surface area contributed by atoms with Gasteiger partial charge in [0.05, 0.1) is 31.9 Å². The van der Waals surface area contributed by atoms with Crippen LogP contribution >= 0.6 is 0 Å². The van der Waals surface area contributed by atoms with Gasteiger partial charge in [-0.15, -0.1) is 0 Å². The molecule has 13 nitrogen and oxygen atoms in total. The quantitative estimate of drug-likeness (QED) is 0.119. The summed E-state index contributed by atoms with van der Waals surface area (Å²) in [5.74, 6) is -2.05. The minimum Gasteiger partial charge on any atom is -0.467 e. The lowest BCUT2D eigenvalue weighted by Gasteiger charge is -2.28. The van der Waals surface area contributed by atoms with Crippen molar-refractivity contribution >= 4 is 29.4 Å². The van der Waals surface area contributed by atoms with E-state index < -0.39 is 53.4 Å². The number of epoxide rings is 1. The largest absolute Gasteiger partial charge is 0.467 e. The SMILES string of the molecule is COc1cc(CC(=O)N[C@@H](CCc2ccccc2)C(=O)N[C@@H](CC(C)C)C(=O)N[C@@H](Cc2ccccc2)C(=O)N[C@@H](CC(C)C)C(=O)C2(C)CO2)no1. The summed E-state index contributed by atoms with van der Waals surface area (Å²) in [6, 6.07) is 16.4. The van der Waals surface area contributed by atoms with Gasteiger partial charge in [-0.05, 0) is 55.6 Å². The van der Waals surface area contributed by atoms with E-state index in [-0.39, 0.29) is 49.2 Å². The van der Waals surface area contributed by atoms with Crippen LogP contribution in [0.15, 0.2) is 71.3 Å².